The van der Waals surface area contributed by atoms with E-state index in [1.54, 1.807) is 23.6 Å². The summed E-state index contributed by atoms with van der Waals surface area (Å²) in [5.41, 5.74) is 1.38. The summed E-state index contributed by atoms with van der Waals surface area (Å²) in [6.45, 7) is 0. The highest BCUT2D eigenvalue weighted by molar-refractivity contribution is 9.10. The Morgan fingerprint density at radius 2 is 2.00 bits per heavy atom. The number of hydrogen-bond acceptors (Lipinski definition) is 4. The van der Waals surface area contributed by atoms with Gasteiger partial charge in [0.2, 0.25) is 0 Å². The Hall–Kier alpha value is -2.25. The second-order valence-electron chi connectivity index (χ2n) is 5.19. The summed E-state index contributed by atoms with van der Waals surface area (Å²) in [5.74, 6) is 1.21. The normalized spacial score (nSPS) is 11.3. The smallest absolute Gasteiger partial charge is 0.257 e. The molecule has 0 saturated heterocycles. The first kappa shape index (κ1) is 15.3. The molecule has 0 atom stereocenters. The molecular weight excluding hydrogens is 397 g/mol. The predicted molar refractivity (Wildman–Crippen MR) is 95.9 cm³/mol. The van der Waals surface area contributed by atoms with Crippen LogP contribution in [0.5, 0.6) is 0 Å². The number of rotatable bonds is 2. The van der Waals surface area contributed by atoms with Gasteiger partial charge in [0.15, 0.2) is 5.82 Å². The lowest BCUT2D eigenvalue weighted by Gasteiger charge is -2.09. The summed E-state index contributed by atoms with van der Waals surface area (Å²) in [7, 11) is 1.79. The van der Waals surface area contributed by atoms with Gasteiger partial charge in [-0.2, -0.15) is 4.98 Å². The minimum atomic E-state index is -0.363. The molecule has 0 aliphatic heterocycles. The first-order chi connectivity index (χ1) is 11.6. The van der Waals surface area contributed by atoms with Crippen molar-refractivity contribution < 1.29 is 4.39 Å². The Bertz CT molecular complexity index is 1070. The lowest BCUT2D eigenvalue weighted by Crippen LogP contribution is -2.00. The van der Waals surface area contributed by atoms with Crippen molar-refractivity contribution in [3.05, 3.63) is 51.7 Å². The van der Waals surface area contributed by atoms with E-state index in [-0.39, 0.29) is 5.82 Å². The maximum atomic E-state index is 13.8. The van der Waals surface area contributed by atoms with E-state index < -0.39 is 0 Å². The summed E-state index contributed by atoms with van der Waals surface area (Å²) >= 11 is 9.47. The molecule has 0 saturated carbocycles. The van der Waals surface area contributed by atoms with E-state index in [1.807, 2.05) is 12.1 Å². The molecule has 8 heteroatoms. The van der Waals surface area contributed by atoms with E-state index in [1.165, 1.54) is 12.1 Å². The Labute approximate surface area is 149 Å². The summed E-state index contributed by atoms with van der Waals surface area (Å²) in [6.07, 6.45) is 0. The molecule has 4 rings (SSSR count). The lowest BCUT2D eigenvalue weighted by molar-refractivity contribution is 0.627. The van der Waals surface area contributed by atoms with Crippen molar-refractivity contribution in [2.75, 3.05) is 12.4 Å². The van der Waals surface area contributed by atoms with Crippen molar-refractivity contribution in [2.45, 2.75) is 0 Å². The molecule has 1 N–H and O–H groups in total. The zero-order valence-corrected chi connectivity index (χ0v) is 14.7. The highest BCUT2D eigenvalue weighted by atomic mass is 79.9. The van der Waals surface area contributed by atoms with Gasteiger partial charge in [-0.15, -0.1) is 10.2 Å². The molecule has 0 unspecified atom stereocenters. The highest BCUT2D eigenvalue weighted by Crippen LogP contribution is 2.30. The van der Waals surface area contributed by atoms with Gasteiger partial charge in [-0.05, 0) is 36.4 Å². The first-order valence-electron chi connectivity index (χ1n) is 7.05. The zero-order valence-electron chi connectivity index (χ0n) is 12.4. The second kappa shape index (κ2) is 5.68. The SMILES string of the molecule is CNc1nc2nnc(-c3cc(F)cc(Br)c3)n2c2cc(Cl)ccc12. The number of anilines is 1. The highest BCUT2D eigenvalue weighted by Gasteiger charge is 2.16. The van der Waals surface area contributed by atoms with Crippen molar-refractivity contribution in [3.63, 3.8) is 0 Å². The predicted octanol–water partition coefficient (Wildman–Crippen LogP) is 4.54. The van der Waals surface area contributed by atoms with Gasteiger partial charge in [-0.3, -0.25) is 4.40 Å². The van der Waals surface area contributed by atoms with Crippen LogP contribution in [0.25, 0.3) is 28.1 Å². The quantitative estimate of drug-likeness (QED) is 0.531. The molecule has 0 spiro atoms. The Kier molecular flexibility index (Phi) is 3.62. The average molecular weight is 407 g/mol. The minimum Gasteiger partial charge on any atom is -0.372 e. The third-order valence-corrected chi connectivity index (χ3v) is 4.36. The Balaban J connectivity index is 2.13. The molecule has 5 nitrogen and oxygen atoms in total. The van der Waals surface area contributed by atoms with Gasteiger partial charge in [0, 0.05) is 27.5 Å². The van der Waals surface area contributed by atoms with Gasteiger partial charge in [0.1, 0.15) is 11.6 Å². The second-order valence-corrected chi connectivity index (χ2v) is 6.54. The van der Waals surface area contributed by atoms with E-state index in [0.29, 0.717) is 32.5 Å². The van der Waals surface area contributed by atoms with Crippen LogP contribution in [0.2, 0.25) is 5.02 Å². The molecule has 24 heavy (non-hydrogen) atoms. The van der Waals surface area contributed by atoms with Crippen LogP contribution in [0.4, 0.5) is 10.2 Å². The minimum absolute atomic E-state index is 0.363. The van der Waals surface area contributed by atoms with Crippen LogP contribution in [0.15, 0.2) is 40.9 Å². The topological polar surface area (TPSA) is 55.1 Å². The van der Waals surface area contributed by atoms with E-state index in [9.17, 15) is 4.39 Å². The summed E-state index contributed by atoms with van der Waals surface area (Å²) in [6, 6.07) is 10.1. The number of nitrogens with zero attached hydrogens (tertiary/aromatic N) is 4. The summed E-state index contributed by atoms with van der Waals surface area (Å²) in [5, 5.41) is 12.8. The summed E-state index contributed by atoms with van der Waals surface area (Å²) in [4.78, 5) is 4.47. The van der Waals surface area contributed by atoms with Gasteiger partial charge in [0.25, 0.3) is 5.78 Å². The van der Waals surface area contributed by atoms with Gasteiger partial charge >= 0.3 is 0 Å². The Morgan fingerprint density at radius 3 is 2.75 bits per heavy atom. The monoisotopic (exact) mass is 405 g/mol. The van der Waals surface area contributed by atoms with E-state index in [4.69, 9.17) is 11.6 Å². The molecular formula is C16H10BrClFN5. The fourth-order valence-electron chi connectivity index (χ4n) is 2.68. The van der Waals surface area contributed by atoms with Crippen molar-refractivity contribution in [1.82, 2.24) is 19.6 Å². The fraction of sp³-hybridized carbons (Fsp3) is 0.0625. The van der Waals surface area contributed by atoms with Crippen molar-refractivity contribution in [1.29, 1.82) is 0 Å². The molecule has 0 aliphatic carbocycles. The first-order valence-corrected chi connectivity index (χ1v) is 8.22. The Morgan fingerprint density at radius 1 is 1.17 bits per heavy atom. The third kappa shape index (κ3) is 2.40. The molecule has 0 radical (unpaired) electrons. The average Bonchev–Trinajstić information content (AvgIpc) is 2.97. The van der Waals surface area contributed by atoms with Crippen LogP contribution < -0.4 is 5.32 Å². The molecule has 4 aromatic rings. The molecule has 0 fully saturated rings. The van der Waals surface area contributed by atoms with Gasteiger partial charge in [-0.25, -0.2) is 4.39 Å². The molecule has 2 aromatic heterocycles. The van der Waals surface area contributed by atoms with Crippen LogP contribution >= 0.6 is 27.5 Å². The number of aromatic nitrogens is 4. The van der Waals surface area contributed by atoms with Crippen LogP contribution in [-0.2, 0) is 0 Å². The fourth-order valence-corrected chi connectivity index (χ4v) is 3.31. The number of nitrogens with one attached hydrogen (secondary N) is 1. The number of hydrogen-bond donors (Lipinski definition) is 1. The van der Waals surface area contributed by atoms with Gasteiger partial charge in [-0.1, -0.05) is 27.5 Å². The van der Waals surface area contributed by atoms with Crippen LogP contribution in [0.1, 0.15) is 0 Å². The van der Waals surface area contributed by atoms with Crippen LogP contribution in [0.3, 0.4) is 0 Å². The number of fused-ring (bicyclic) bond motifs is 3. The standard InChI is InChI=1S/C16H10BrClFN5/c1-20-14-12-3-2-10(18)7-13(12)24-15(22-23-16(24)21-14)8-4-9(17)6-11(19)5-8/h2-7H,1H3,(H,20,21,23). The van der Waals surface area contributed by atoms with Crippen LogP contribution in [-0.4, -0.2) is 26.6 Å². The number of benzene rings is 2. The molecule has 0 bridgehead atoms. The maximum Gasteiger partial charge on any atom is 0.257 e. The van der Waals surface area contributed by atoms with Gasteiger partial charge < -0.3 is 5.32 Å². The van der Waals surface area contributed by atoms with E-state index >= 15 is 0 Å². The lowest BCUT2D eigenvalue weighted by atomic mass is 10.2. The largest absolute Gasteiger partial charge is 0.372 e. The maximum absolute atomic E-state index is 13.8. The van der Waals surface area contributed by atoms with Crippen LogP contribution in [0, 0.1) is 5.82 Å². The van der Waals surface area contributed by atoms with E-state index in [0.717, 1.165) is 10.9 Å². The van der Waals surface area contributed by atoms with Crippen molar-refractivity contribution in [3.8, 4) is 11.4 Å². The summed E-state index contributed by atoms with van der Waals surface area (Å²) < 4.78 is 16.2. The van der Waals surface area contributed by atoms with Crippen molar-refractivity contribution in [2.24, 2.45) is 0 Å². The van der Waals surface area contributed by atoms with E-state index in [2.05, 4.69) is 36.4 Å². The number of halogens is 3. The molecule has 120 valence electrons. The third-order valence-electron chi connectivity index (χ3n) is 3.67. The zero-order chi connectivity index (χ0) is 16.8. The van der Waals surface area contributed by atoms with Gasteiger partial charge in [0.05, 0.1) is 5.52 Å². The molecule has 2 aromatic carbocycles. The molecule has 0 aliphatic rings. The molecule has 2 heterocycles. The van der Waals surface area contributed by atoms with Crippen molar-refractivity contribution >= 4 is 50.0 Å². The molecule has 0 amide bonds.